The fraction of sp³-hybridized carbons (Fsp3) is 0.400. The number of methoxy groups -OCH3 is 1. The molecule has 0 saturated heterocycles. The van der Waals surface area contributed by atoms with E-state index >= 15 is 0 Å². The Hall–Kier alpha value is -1.45. The number of pyridine rings is 1. The summed E-state index contributed by atoms with van der Waals surface area (Å²) in [6.07, 6.45) is 3.91. The van der Waals surface area contributed by atoms with Crippen LogP contribution in [0.25, 0.3) is 10.9 Å². The van der Waals surface area contributed by atoms with Crippen molar-refractivity contribution in [3.05, 3.63) is 42.1 Å². The molecule has 1 aromatic carbocycles. The molecule has 3 nitrogen and oxygen atoms in total. The van der Waals surface area contributed by atoms with Gasteiger partial charge in [0, 0.05) is 18.7 Å². The van der Waals surface area contributed by atoms with Gasteiger partial charge in [-0.1, -0.05) is 18.2 Å². The van der Waals surface area contributed by atoms with Crippen LogP contribution in [0.4, 0.5) is 0 Å². The fourth-order valence-corrected chi connectivity index (χ4v) is 2.68. The normalized spacial score (nSPS) is 18.8. The van der Waals surface area contributed by atoms with Crippen molar-refractivity contribution < 1.29 is 9.84 Å². The molecule has 1 aliphatic rings. The van der Waals surface area contributed by atoms with Crippen LogP contribution in [0.1, 0.15) is 18.4 Å². The van der Waals surface area contributed by atoms with Gasteiger partial charge in [0.25, 0.3) is 0 Å². The Balaban J connectivity index is 2.17. The first-order chi connectivity index (χ1) is 8.75. The average molecular weight is 243 g/mol. The Labute approximate surface area is 106 Å². The van der Waals surface area contributed by atoms with Crippen LogP contribution < -0.4 is 0 Å². The van der Waals surface area contributed by atoms with Gasteiger partial charge in [0.1, 0.15) is 5.60 Å². The quantitative estimate of drug-likeness (QED) is 0.897. The first kappa shape index (κ1) is 11.6. The second kappa shape index (κ2) is 4.34. The molecule has 0 amide bonds. The molecule has 94 valence electrons. The number of fused-ring (bicyclic) bond motifs is 1. The van der Waals surface area contributed by atoms with E-state index in [9.17, 15) is 5.11 Å². The largest absolute Gasteiger partial charge is 0.382 e. The van der Waals surface area contributed by atoms with Gasteiger partial charge in [-0.2, -0.15) is 0 Å². The molecule has 1 atom stereocenters. The van der Waals surface area contributed by atoms with Crippen molar-refractivity contribution >= 4 is 10.9 Å². The highest BCUT2D eigenvalue weighted by molar-refractivity contribution is 5.83. The number of rotatable bonds is 4. The van der Waals surface area contributed by atoms with Gasteiger partial charge in [0.15, 0.2) is 0 Å². The molecule has 1 unspecified atom stereocenters. The third-order valence-corrected chi connectivity index (χ3v) is 3.73. The smallest absolute Gasteiger partial charge is 0.116 e. The minimum atomic E-state index is -0.878. The number of aliphatic hydroxyl groups is 1. The summed E-state index contributed by atoms with van der Waals surface area (Å²) in [5.74, 6) is 0.309. The van der Waals surface area contributed by atoms with Crippen LogP contribution in [-0.2, 0) is 10.3 Å². The molecule has 1 heterocycles. The van der Waals surface area contributed by atoms with Crippen molar-refractivity contribution in [3.63, 3.8) is 0 Å². The molecule has 0 aliphatic heterocycles. The summed E-state index contributed by atoms with van der Waals surface area (Å²) in [4.78, 5) is 4.34. The van der Waals surface area contributed by atoms with Crippen molar-refractivity contribution in [1.29, 1.82) is 0 Å². The summed E-state index contributed by atoms with van der Waals surface area (Å²) >= 11 is 0. The Kier molecular flexibility index (Phi) is 2.80. The van der Waals surface area contributed by atoms with E-state index in [1.54, 1.807) is 13.3 Å². The Bertz CT molecular complexity index is 560. The summed E-state index contributed by atoms with van der Waals surface area (Å²) in [5, 5.41) is 12.0. The number of hydrogen-bond acceptors (Lipinski definition) is 3. The molecular weight excluding hydrogens is 226 g/mol. The van der Waals surface area contributed by atoms with Crippen LogP contribution in [0.15, 0.2) is 36.5 Å². The maximum Gasteiger partial charge on any atom is 0.116 e. The average Bonchev–Trinajstić information content (AvgIpc) is 3.23. The lowest BCUT2D eigenvalue weighted by atomic mass is 9.87. The number of aromatic nitrogens is 1. The van der Waals surface area contributed by atoms with E-state index in [2.05, 4.69) is 4.98 Å². The molecular formula is C15H17NO2. The Morgan fingerprint density at radius 3 is 2.89 bits per heavy atom. The van der Waals surface area contributed by atoms with Crippen molar-refractivity contribution in [2.75, 3.05) is 13.7 Å². The van der Waals surface area contributed by atoms with Gasteiger partial charge in [-0.3, -0.25) is 4.98 Å². The molecule has 0 bridgehead atoms. The van der Waals surface area contributed by atoms with Gasteiger partial charge in [-0.25, -0.2) is 0 Å². The molecule has 1 aliphatic carbocycles. The van der Waals surface area contributed by atoms with E-state index in [4.69, 9.17) is 4.74 Å². The Morgan fingerprint density at radius 2 is 2.17 bits per heavy atom. The van der Waals surface area contributed by atoms with Gasteiger partial charge in [0.2, 0.25) is 0 Å². The molecule has 1 fully saturated rings. The van der Waals surface area contributed by atoms with Crippen molar-refractivity contribution in [2.45, 2.75) is 18.4 Å². The fourth-order valence-electron chi connectivity index (χ4n) is 2.68. The minimum Gasteiger partial charge on any atom is -0.382 e. The standard InChI is InChI=1S/C15H17NO2/c1-18-10-15(17,11-7-8-11)13-5-2-6-14-12(13)4-3-9-16-14/h2-6,9,11,17H,7-8,10H2,1H3. The monoisotopic (exact) mass is 243 g/mol. The molecule has 0 radical (unpaired) electrons. The number of benzene rings is 1. The lowest BCUT2D eigenvalue weighted by molar-refractivity contribution is -0.0521. The topological polar surface area (TPSA) is 42.4 Å². The van der Waals surface area contributed by atoms with E-state index in [-0.39, 0.29) is 0 Å². The van der Waals surface area contributed by atoms with Crippen LogP contribution >= 0.6 is 0 Å². The van der Waals surface area contributed by atoms with Gasteiger partial charge in [0.05, 0.1) is 12.1 Å². The summed E-state index contributed by atoms with van der Waals surface area (Å²) < 4.78 is 5.24. The molecule has 1 saturated carbocycles. The first-order valence-corrected chi connectivity index (χ1v) is 6.31. The minimum absolute atomic E-state index is 0.309. The summed E-state index contributed by atoms with van der Waals surface area (Å²) in [7, 11) is 1.64. The van der Waals surface area contributed by atoms with Gasteiger partial charge >= 0.3 is 0 Å². The first-order valence-electron chi connectivity index (χ1n) is 6.31. The maximum absolute atomic E-state index is 11.0. The summed E-state index contributed by atoms with van der Waals surface area (Å²) in [6.45, 7) is 0.339. The molecule has 2 aromatic rings. The summed E-state index contributed by atoms with van der Waals surface area (Å²) in [5.41, 5.74) is 0.986. The third-order valence-electron chi connectivity index (χ3n) is 3.73. The van der Waals surface area contributed by atoms with E-state index in [1.807, 2.05) is 30.3 Å². The van der Waals surface area contributed by atoms with E-state index in [0.717, 1.165) is 29.3 Å². The number of ether oxygens (including phenoxy) is 1. The van der Waals surface area contributed by atoms with Crippen molar-refractivity contribution in [1.82, 2.24) is 4.98 Å². The van der Waals surface area contributed by atoms with Crippen LogP contribution in [-0.4, -0.2) is 23.8 Å². The zero-order valence-corrected chi connectivity index (χ0v) is 10.5. The summed E-state index contributed by atoms with van der Waals surface area (Å²) in [6, 6.07) is 9.83. The van der Waals surface area contributed by atoms with Crippen LogP contribution in [0.5, 0.6) is 0 Å². The Morgan fingerprint density at radius 1 is 1.33 bits per heavy atom. The van der Waals surface area contributed by atoms with Crippen LogP contribution in [0.3, 0.4) is 0 Å². The lowest BCUT2D eigenvalue weighted by Gasteiger charge is -2.29. The molecule has 18 heavy (non-hydrogen) atoms. The molecule has 1 N–H and O–H groups in total. The SMILES string of the molecule is COCC(O)(c1cccc2ncccc12)C1CC1. The molecule has 1 aromatic heterocycles. The highest BCUT2D eigenvalue weighted by Gasteiger charge is 2.45. The zero-order chi connectivity index (χ0) is 12.6. The third kappa shape index (κ3) is 1.80. The van der Waals surface area contributed by atoms with Crippen molar-refractivity contribution in [2.24, 2.45) is 5.92 Å². The number of nitrogens with zero attached hydrogens (tertiary/aromatic N) is 1. The van der Waals surface area contributed by atoms with Gasteiger partial charge < -0.3 is 9.84 Å². The highest BCUT2D eigenvalue weighted by atomic mass is 16.5. The molecule has 3 heteroatoms. The maximum atomic E-state index is 11.0. The van der Waals surface area contributed by atoms with E-state index in [1.165, 1.54) is 0 Å². The molecule has 3 rings (SSSR count). The van der Waals surface area contributed by atoms with Crippen molar-refractivity contribution in [3.8, 4) is 0 Å². The zero-order valence-electron chi connectivity index (χ0n) is 10.5. The predicted octanol–water partition coefficient (Wildman–Crippen LogP) is 2.48. The second-order valence-corrected chi connectivity index (χ2v) is 5.01. The number of hydrogen-bond donors (Lipinski definition) is 1. The van der Waals surface area contributed by atoms with Crippen LogP contribution in [0.2, 0.25) is 0 Å². The predicted molar refractivity (Wildman–Crippen MR) is 70.2 cm³/mol. The second-order valence-electron chi connectivity index (χ2n) is 5.01. The van der Waals surface area contributed by atoms with E-state index in [0.29, 0.717) is 12.5 Å². The van der Waals surface area contributed by atoms with E-state index < -0.39 is 5.60 Å². The van der Waals surface area contributed by atoms with Gasteiger partial charge in [-0.15, -0.1) is 0 Å². The highest BCUT2D eigenvalue weighted by Crippen LogP contribution is 2.47. The van der Waals surface area contributed by atoms with Gasteiger partial charge in [-0.05, 0) is 36.5 Å². The lowest BCUT2D eigenvalue weighted by Crippen LogP contribution is -2.34. The molecule has 0 spiro atoms. The van der Waals surface area contributed by atoms with Crippen LogP contribution in [0, 0.1) is 5.92 Å².